The minimum atomic E-state index is 0.661. The molecule has 2 heterocycles. The molecule has 0 fully saturated rings. The smallest absolute Gasteiger partial charge is 0.157 e. The van der Waals surface area contributed by atoms with Crippen molar-refractivity contribution in [2.45, 2.75) is 45.4 Å². The highest BCUT2D eigenvalue weighted by Gasteiger charge is 2.25. The van der Waals surface area contributed by atoms with E-state index in [2.05, 4.69) is 35.2 Å². The fraction of sp³-hybridized carbons (Fsp3) is 0.600. The highest BCUT2D eigenvalue weighted by atomic mass is 32.2. The molecule has 1 unspecified atom stereocenters. The number of nitrogens with one attached hydrogen (secondary N) is 1. The van der Waals surface area contributed by atoms with Gasteiger partial charge in [0.25, 0.3) is 0 Å². The van der Waals surface area contributed by atoms with E-state index in [-0.39, 0.29) is 0 Å². The molecule has 1 atom stereocenters. The number of amidine groups is 1. The fourth-order valence-corrected chi connectivity index (χ4v) is 3.65. The maximum Gasteiger partial charge on any atom is 0.157 e. The topological polar surface area (TPSA) is 37.3 Å². The third-order valence-electron chi connectivity index (χ3n) is 3.67. The van der Waals surface area contributed by atoms with E-state index in [1.165, 1.54) is 18.4 Å². The lowest BCUT2D eigenvalue weighted by molar-refractivity contribution is 0.479. The lowest BCUT2D eigenvalue weighted by Crippen LogP contribution is -2.21. The summed E-state index contributed by atoms with van der Waals surface area (Å²) in [4.78, 5) is 8.92. The molecule has 2 rings (SSSR count). The molecule has 1 N–H and O–H groups in total. The van der Waals surface area contributed by atoms with Crippen molar-refractivity contribution in [2.75, 3.05) is 6.54 Å². The minimum absolute atomic E-state index is 0.661. The highest BCUT2D eigenvalue weighted by Crippen LogP contribution is 2.30. The lowest BCUT2D eigenvalue weighted by Gasteiger charge is -2.18. The van der Waals surface area contributed by atoms with Crippen LogP contribution in [0.3, 0.4) is 0 Å². The van der Waals surface area contributed by atoms with E-state index in [1.54, 1.807) is 0 Å². The summed E-state index contributed by atoms with van der Waals surface area (Å²) in [7, 11) is 0. The largest absolute Gasteiger partial charge is 0.361 e. The van der Waals surface area contributed by atoms with Gasteiger partial charge in [0.2, 0.25) is 0 Å². The fourth-order valence-electron chi connectivity index (χ4n) is 2.33. The third kappa shape index (κ3) is 3.96. The number of rotatable bonds is 5. The zero-order chi connectivity index (χ0) is 13.7. The highest BCUT2D eigenvalue weighted by molar-refractivity contribution is 8.14. The number of pyridine rings is 1. The van der Waals surface area contributed by atoms with Gasteiger partial charge in [-0.05, 0) is 24.5 Å². The average Bonchev–Trinajstić information content (AvgIpc) is 2.88. The molecule has 3 nitrogen and oxygen atoms in total. The number of nitrogens with zero attached hydrogens (tertiary/aromatic N) is 2. The van der Waals surface area contributed by atoms with Crippen molar-refractivity contribution in [1.82, 2.24) is 10.3 Å². The predicted molar refractivity (Wildman–Crippen MR) is 83.6 cm³/mol. The van der Waals surface area contributed by atoms with Crippen LogP contribution in [0, 0.1) is 12.8 Å². The van der Waals surface area contributed by atoms with Crippen molar-refractivity contribution >= 4 is 16.9 Å². The Hall–Kier alpha value is -1.03. The number of aromatic nitrogens is 1. The molecular weight excluding hydrogens is 254 g/mol. The standard InChI is InChI=1S/C15H23N3S/c1-4-13(5-2)14-10-18-15(19-14)17-9-12-7-6-11(3)16-8-12/h6-8,13-14H,4-5,9-10H2,1-3H3,(H,17,18). The summed E-state index contributed by atoms with van der Waals surface area (Å²) in [6.45, 7) is 8.34. The lowest BCUT2D eigenvalue weighted by atomic mass is 9.99. The number of aryl methyl sites for hydroxylation is 1. The van der Waals surface area contributed by atoms with Crippen LogP contribution in [0.1, 0.15) is 37.9 Å². The monoisotopic (exact) mass is 277 g/mol. The van der Waals surface area contributed by atoms with Crippen LogP contribution in [-0.2, 0) is 6.54 Å². The molecule has 4 heteroatoms. The average molecular weight is 277 g/mol. The Morgan fingerprint density at radius 1 is 1.37 bits per heavy atom. The summed E-state index contributed by atoms with van der Waals surface area (Å²) >= 11 is 1.91. The molecule has 1 aliphatic heterocycles. The molecule has 0 spiro atoms. The Morgan fingerprint density at radius 3 is 2.79 bits per heavy atom. The summed E-state index contributed by atoms with van der Waals surface area (Å²) in [5.74, 6) is 0.786. The molecule has 104 valence electrons. The van der Waals surface area contributed by atoms with Crippen molar-refractivity contribution < 1.29 is 0 Å². The molecule has 0 amide bonds. The Morgan fingerprint density at radius 2 is 2.16 bits per heavy atom. The molecule has 1 aromatic rings. The van der Waals surface area contributed by atoms with E-state index in [4.69, 9.17) is 0 Å². The van der Waals surface area contributed by atoms with Crippen molar-refractivity contribution in [3.63, 3.8) is 0 Å². The summed E-state index contributed by atoms with van der Waals surface area (Å²) in [6, 6.07) is 4.17. The Kier molecular flexibility index (Phi) is 5.25. The summed E-state index contributed by atoms with van der Waals surface area (Å²) in [5.41, 5.74) is 2.27. The first kappa shape index (κ1) is 14.4. The van der Waals surface area contributed by atoms with Gasteiger partial charge in [-0.2, -0.15) is 0 Å². The number of thioether (sulfide) groups is 1. The zero-order valence-electron chi connectivity index (χ0n) is 12.0. The first-order chi connectivity index (χ1) is 9.22. The van der Waals surface area contributed by atoms with Gasteiger partial charge in [-0.1, -0.05) is 44.5 Å². The SMILES string of the molecule is CCC(CC)C1CN=C(NCc2ccc(C)nc2)S1. The molecule has 0 saturated heterocycles. The van der Waals surface area contributed by atoms with E-state index in [0.717, 1.165) is 29.9 Å². The molecule has 1 aromatic heterocycles. The maximum atomic E-state index is 4.61. The Balaban J connectivity index is 1.80. The maximum absolute atomic E-state index is 4.61. The number of aliphatic imine (C=N–C) groups is 1. The Bertz CT molecular complexity index is 424. The molecular formula is C15H23N3S. The van der Waals surface area contributed by atoms with Crippen molar-refractivity contribution in [1.29, 1.82) is 0 Å². The van der Waals surface area contributed by atoms with Crippen LogP contribution in [0.15, 0.2) is 23.3 Å². The summed E-state index contributed by atoms with van der Waals surface area (Å²) in [5, 5.41) is 5.18. The predicted octanol–water partition coefficient (Wildman–Crippen LogP) is 3.39. The Labute approximate surface area is 120 Å². The van der Waals surface area contributed by atoms with Gasteiger partial charge in [-0.15, -0.1) is 0 Å². The van der Waals surface area contributed by atoms with E-state index >= 15 is 0 Å². The van der Waals surface area contributed by atoms with Crippen LogP contribution < -0.4 is 5.32 Å². The van der Waals surface area contributed by atoms with Gasteiger partial charge in [0.15, 0.2) is 5.17 Å². The molecule has 0 radical (unpaired) electrons. The van der Waals surface area contributed by atoms with E-state index in [9.17, 15) is 0 Å². The van der Waals surface area contributed by atoms with Gasteiger partial charge in [-0.25, -0.2) is 0 Å². The molecule has 19 heavy (non-hydrogen) atoms. The van der Waals surface area contributed by atoms with Gasteiger partial charge < -0.3 is 5.32 Å². The van der Waals surface area contributed by atoms with Crippen LogP contribution in [0.2, 0.25) is 0 Å². The zero-order valence-corrected chi connectivity index (χ0v) is 12.8. The third-order valence-corrected chi connectivity index (χ3v) is 5.00. The van der Waals surface area contributed by atoms with Gasteiger partial charge in [0.05, 0.1) is 6.54 Å². The first-order valence-electron chi connectivity index (χ1n) is 7.09. The van der Waals surface area contributed by atoms with Crippen LogP contribution in [-0.4, -0.2) is 21.9 Å². The second kappa shape index (κ2) is 6.94. The van der Waals surface area contributed by atoms with Crippen LogP contribution in [0.5, 0.6) is 0 Å². The van der Waals surface area contributed by atoms with Gasteiger partial charge in [-0.3, -0.25) is 9.98 Å². The quantitative estimate of drug-likeness (QED) is 0.896. The van der Waals surface area contributed by atoms with E-state index in [1.807, 2.05) is 30.9 Å². The molecule has 0 bridgehead atoms. The number of hydrogen-bond donors (Lipinski definition) is 1. The van der Waals surface area contributed by atoms with Crippen LogP contribution in [0.4, 0.5) is 0 Å². The molecule has 0 saturated carbocycles. The van der Waals surface area contributed by atoms with Crippen molar-refractivity contribution in [3.8, 4) is 0 Å². The van der Waals surface area contributed by atoms with E-state index in [0.29, 0.717) is 5.25 Å². The molecule has 1 aliphatic rings. The minimum Gasteiger partial charge on any atom is -0.361 e. The van der Waals surface area contributed by atoms with Gasteiger partial charge in [0, 0.05) is 23.7 Å². The van der Waals surface area contributed by atoms with Crippen LogP contribution >= 0.6 is 11.8 Å². The summed E-state index contributed by atoms with van der Waals surface area (Å²) < 4.78 is 0. The second-order valence-corrected chi connectivity index (χ2v) is 6.27. The van der Waals surface area contributed by atoms with Crippen LogP contribution in [0.25, 0.3) is 0 Å². The normalized spacial score (nSPS) is 18.7. The van der Waals surface area contributed by atoms with Crippen molar-refractivity contribution in [2.24, 2.45) is 10.9 Å². The number of hydrogen-bond acceptors (Lipinski definition) is 4. The van der Waals surface area contributed by atoms with E-state index < -0.39 is 0 Å². The van der Waals surface area contributed by atoms with Crippen molar-refractivity contribution in [3.05, 3.63) is 29.6 Å². The van der Waals surface area contributed by atoms with Gasteiger partial charge in [0.1, 0.15) is 0 Å². The first-order valence-corrected chi connectivity index (χ1v) is 7.97. The summed E-state index contributed by atoms with van der Waals surface area (Å²) in [6.07, 6.45) is 4.43. The molecule has 0 aromatic carbocycles. The second-order valence-electron chi connectivity index (χ2n) is 5.04. The molecule has 0 aliphatic carbocycles. The van der Waals surface area contributed by atoms with Gasteiger partial charge >= 0.3 is 0 Å².